The second-order valence-electron chi connectivity index (χ2n) is 6.38. The van der Waals surface area contributed by atoms with Gasteiger partial charge in [-0.3, -0.25) is 0 Å². The van der Waals surface area contributed by atoms with Gasteiger partial charge in [0.1, 0.15) is 0 Å². The van der Waals surface area contributed by atoms with Gasteiger partial charge in [0, 0.05) is 5.25 Å². The van der Waals surface area contributed by atoms with Crippen molar-refractivity contribution < 1.29 is 8.42 Å². The van der Waals surface area contributed by atoms with Crippen molar-refractivity contribution in [2.45, 2.75) is 41.7 Å². The summed E-state index contributed by atoms with van der Waals surface area (Å²) in [5.74, 6) is 0. The van der Waals surface area contributed by atoms with Gasteiger partial charge >= 0.3 is 10.0 Å². The largest absolute Gasteiger partial charge is 0.301 e. The number of anilines is 1. The first-order chi connectivity index (χ1) is 12.6. The van der Waals surface area contributed by atoms with E-state index in [1.165, 1.54) is 46.3 Å². The summed E-state index contributed by atoms with van der Waals surface area (Å²) >= 11 is 2.68. The van der Waals surface area contributed by atoms with Crippen molar-refractivity contribution in [3.63, 3.8) is 0 Å². The molecule has 2 aromatic carbocycles. The Morgan fingerprint density at radius 3 is 2.38 bits per heavy atom. The molecule has 136 valence electrons. The first-order valence-electron chi connectivity index (χ1n) is 8.77. The summed E-state index contributed by atoms with van der Waals surface area (Å²) in [6, 6.07) is 16.9. The maximum absolute atomic E-state index is 13.4. The van der Waals surface area contributed by atoms with E-state index in [1.807, 2.05) is 54.6 Å². The van der Waals surface area contributed by atoms with Gasteiger partial charge in [-0.25, -0.2) is 8.69 Å². The van der Waals surface area contributed by atoms with Gasteiger partial charge in [-0.15, -0.1) is 11.3 Å². The molecule has 0 radical (unpaired) electrons. The van der Waals surface area contributed by atoms with Crippen LogP contribution in [0.5, 0.6) is 0 Å². The first kappa shape index (κ1) is 17.8. The predicted molar refractivity (Wildman–Crippen MR) is 110 cm³/mol. The maximum atomic E-state index is 13.4. The van der Waals surface area contributed by atoms with Gasteiger partial charge in [0.05, 0.1) is 15.9 Å². The average molecular weight is 405 g/mol. The molecule has 1 saturated carbocycles. The molecule has 0 unspecified atom stereocenters. The zero-order valence-electron chi connectivity index (χ0n) is 14.2. The number of fused-ring (bicyclic) bond motifs is 1. The van der Waals surface area contributed by atoms with Gasteiger partial charge in [0.15, 0.2) is 0 Å². The number of benzene rings is 2. The van der Waals surface area contributed by atoms with Crippen LogP contribution in [0, 0.1) is 0 Å². The summed E-state index contributed by atoms with van der Waals surface area (Å²) in [7, 11) is -3.71. The Bertz CT molecular complexity index is 947. The van der Waals surface area contributed by atoms with E-state index in [0.29, 0.717) is 10.9 Å². The Labute approximate surface area is 162 Å². The maximum Gasteiger partial charge on any atom is 0.301 e. The fourth-order valence-electron chi connectivity index (χ4n) is 3.14. The SMILES string of the molecule is O=S(=O)(c1nc2ccccc2s1)N(SC1CCCCC1)c1ccccc1. The van der Waals surface area contributed by atoms with Gasteiger partial charge < -0.3 is 0 Å². The lowest BCUT2D eigenvalue weighted by Gasteiger charge is -2.28. The molecule has 0 bridgehead atoms. The van der Waals surface area contributed by atoms with Crippen molar-refractivity contribution in [1.29, 1.82) is 0 Å². The summed E-state index contributed by atoms with van der Waals surface area (Å²) in [6.07, 6.45) is 5.70. The minimum Gasteiger partial charge on any atom is -0.223 e. The van der Waals surface area contributed by atoms with Crippen LogP contribution in [0.25, 0.3) is 10.2 Å². The van der Waals surface area contributed by atoms with Crippen LogP contribution in [0.1, 0.15) is 32.1 Å². The minimum atomic E-state index is -3.71. The van der Waals surface area contributed by atoms with E-state index in [2.05, 4.69) is 4.98 Å². The van der Waals surface area contributed by atoms with Crippen LogP contribution in [-0.2, 0) is 10.0 Å². The van der Waals surface area contributed by atoms with Crippen molar-refractivity contribution in [2.75, 3.05) is 3.71 Å². The normalized spacial score (nSPS) is 16.0. The molecule has 0 aliphatic heterocycles. The highest BCUT2D eigenvalue weighted by atomic mass is 32.3. The van der Waals surface area contributed by atoms with Crippen molar-refractivity contribution in [2.24, 2.45) is 0 Å². The third-order valence-corrected chi connectivity index (χ3v) is 9.39. The van der Waals surface area contributed by atoms with Gasteiger partial charge in [0.2, 0.25) is 4.34 Å². The standard InChI is InChI=1S/C19H20N2O2S3/c22-26(23,19-20-17-13-7-8-14-18(17)24-19)21(15-9-3-1-4-10-15)25-16-11-5-2-6-12-16/h1,3-4,7-10,13-14,16H,2,5-6,11-12H2. The topological polar surface area (TPSA) is 50.3 Å². The van der Waals surface area contributed by atoms with E-state index in [0.717, 1.165) is 23.1 Å². The van der Waals surface area contributed by atoms with Gasteiger partial charge in [-0.2, -0.15) is 8.42 Å². The molecule has 1 heterocycles. The van der Waals surface area contributed by atoms with Crippen LogP contribution < -0.4 is 3.71 Å². The Kier molecular flexibility index (Phi) is 5.20. The highest BCUT2D eigenvalue weighted by Crippen LogP contribution is 2.39. The van der Waals surface area contributed by atoms with E-state index in [9.17, 15) is 8.42 Å². The van der Waals surface area contributed by atoms with Crippen molar-refractivity contribution in [3.8, 4) is 0 Å². The third-order valence-electron chi connectivity index (χ3n) is 4.48. The molecule has 0 saturated heterocycles. The summed E-state index contributed by atoms with van der Waals surface area (Å²) in [5.41, 5.74) is 1.41. The zero-order valence-corrected chi connectivity index (χ0v) is 16.7. The first-order valence-corrected chi connectivity index (χ1v) is 11.9. The number of rotatable bonds is 5. The highest BCUT2D eigenvalue weighted by molar-refractivity contribution is 8.15. The van der Waals surface area contributed by atoms with Crippen LogP contribution >= 0.6 is 23.3 Å². The fraction of sp³-hybridized carbons (Fsp3) is 0.316. The number of hydrogen-bond donors (Lipinski definition) is 0. The van der Waals surface area contributed by atoms with Crippen molar-refractivity contribution >= 4 is 49.2 Å². The number of thiazole rings is 1. The molecule has 0 N–H and O–H groups in total. The minimum absolute atomic E-state index is 0.158. The monoisotopic (exact) mass is 404 g/mol. The van der Waals surface area contributed by atoms with Crippen LogP contribution in [0.4, 0.5) is 5.69 Å². The Morgan fingerprint density at radius 1 is 0.962 bits per heavy atom. The predicted octanol–water partition coefficient (Wildman–Crippen LogP) is 5.47. The summed E-state index contributed by atoms with van der Waals surface area (Å²) in [4.78, 5) is 4.40. The van der Waals surface area contributed by atoms with Crippen LogP contribution in [-0.4, -0.2) is 18.7 Å². The molecule has 7 heteroatoms. The molecule has 1 fully saturated rings. The molecule has 0 atom stereocenters. The van der Waals surface area contributed by atoms with Crippen molar-refractivity contribution in [1.82, 2.24) is 4.98 Å². The number of nitrogens with zero attached hydrogens (tertiary/aromatic N) is 2. The quantitative estimate of drug-likeness (QED) is 0.529. The van der Waals surface area contributed by atoms with E-state index in [1.54, 1.807) is 0 Å². The molecule has 4 rings (SSSR count). The number of hydrogen-bond acceptors (Lipinski definition) is 5. The molecule has 0 amide bonds. The van der Waals surface area contributed by atoms with Crippen LogP contribution in [0.3, 0.4) is 0 Å². The van der Waals surface area contributed by atoms with Crippen molar-refractivity contribution in [3.05, 3.63) is 54.6 Å². The number of aromatic nitrogens is 1. The number of para-hydroxylation sites is 2. The molecular formula is C19H20N2O2S3. The summed E-state index contributed by atoms with van der Waals surface area (Å²) in [5, 5.41) is 0.327. The van der Waals surface area contributed by atoms with E-state index < -0.39 is 10.0 Å². The highest BCUT2D eigenvalue weighted by Gasteiger charge is 2.32. The average Bonchev–Trinajstić information content (AvgIpc) is 3.13. The lowest BCUT2D eigenvalue weighted by molar-refractivity contribution is 0.516. The molecule has 26 heavy (non-hydrogen) atoms. The Balaban J connectivity index is 1.73. The summed E-state index contributed by atoms with van der Waals surface area (Å²) in [6.45, 7) is 0. The molecule has 1 aromatic heterocycles. The third kappa shape index (κ3) is 3.61. The number of sulfonamides is 1. The lowest BCUT2D eigenvalue weighted by Crippen LogP contribution is -2.28. The summed E-state index contributed by atoms with van der Waals surface area (Å²) < 4.78 is 29.4. The van der Waals surface area contributed by atoms with E-state index in [4.69, 9.17) is 0 Å². The van der Waals surface area contributed by atoms with E-state index >= 15 is 0 Å². The molecule has 4 nitrogen and oxygen atoms in total. The van der Waals surface area contributed by atoms with Gasteiger partial charge in [0.25, 0.3) is 0 Å². The fourth-order valence-corrected chi connectivity index (χ4v) is 7.74. The molecule has 0 spiro atoms. The van der Waals surface area contributed by atoms with E-state index in [-0.39, 0.29) is 4.34 Å². The Morgan fingerprint density at radius 2 is 1.65 bits per heavy atom. The van der Waals surface area contributed by atoms with Gasteiger partial charge in [-0.1, -0.05) is 49.6 Å². The lowest BCUT2D eigenvalue weighted by atomic mass is 10.0. The van der Waals surface area contributed by atoms with Gasteiger partial charge in [-0.05, 0) is 49.1 Å². The molecular weight excluding hydrogens is 384 g/mol. The Hall–Kier alpha value is -1.57. The molecule has 1 aliphatic rings. The molecule has 1 aliphatic carbocycles. The van der Waals surface area contributed by atoms with Crippen LogP contribution in [0.15, 0.2) is 58.9 Å². The second-order valence-corrected chi connectivity index (χ2v) is 10.8. The smallest absolute Gasteiger partial charge is 0.223 e. The second kappa shape index (κ2) is 7.58. The van der Waals surface area contributed by atoms with Crippen LogP contribution in [0.2, 0.25) is 0 Å². The zero-order chi connectivity index (χ0) is 18.0. The molecule has 3 aromatic rings.